The van der Waals surface area contributed by atoms with E-state index in [-0.39, 0.29) is 17.9 Å². The number of benzene rings is 1. The molecule has 1 amide bonds. The van der Waals surface area contributed by atoms with Crippen LogP contribution in [0.3, 0.4) is 0 Å². The highest BCUT2D eigenvalue weighted by molar-refractivity contribution is 5.95. The van der Waals surface area contributed by atoms with Crippen LogP contribution < -0.4 is 5.32 Å². The SMILES string of the molecule is N#CCC(C1CCCC1)n1cc(-c2ccnc(Nc3cccc(C(=O)N4CCC(c5ccccn5)C4)c3)n2)cn1. The van der Waals surface area contributed by atoms with Crippen LogP contribution in [-0.2, 0) is 0 Å². The molecule has 2 atom stereocenters. The van der Waals surface area contributed by atoms with Crippen molar-refractivity contribution < 1.29 is 4.79 Å². The molecule has 1 saturated carbocycles. The van der Waals surface area contributed by atoms with Crippen LogP contribution in [0.2, 0.25) is 0 Å². The van der Waals surface area contributed by atoms with Crippen molar-refractivity contribution in [2.75, 3.05) is 18.4 Å². The second-order valence-corrected chi connectivity index (χ2v) is 10.6. The first kappa shape index (κ1) is 25.7. The van der Waals surface area contributed by atoms with Crippen LogP contribution in [0.15, 0.2) is 73.3 Å². The van der Waals surface area contributed by atoms with Gasteiger partial charge in [-0.1, -0.05) is 25.0 Å². The molecule has 1 N–H and O–H groups in total. The molecule has 2 fully saturated rings. The van der Waals surface area contributed by atoms with E-state index in [2.05, 4.69) is 26.5 Å². The molecule has 1 aliphatic carbocycles. The predicted octanol–water partition coefficient (Wildman–Crippen LogP) is 5.75. The first-order valence-electron chi connectivity index (χ1n) is 14.0. The second-order valence-electron chi connectivity index (χ2n) is 10.6. The van der Waals surface area contributed by atoms with Gasteiger partial charge in [-0.3, -0.25) is 14.5 Å². The summed E-state index contributed by atoms with van der Waals surface area (Å²) in [7, 11) is 0. The van der Waals surface area contributed by atoms with Crippen molar-refractivity contribution in [3.05, 3.63) is 84.6 Å². The first-order chi connectivity index (χ1) is 19.7. The number of carbonyl (C=O) groups is 1. The topological polar surface area (TPSA) is 113 Å². The van der Waals surface area contributed by atoms with Gasteiger partial charge in [0.2, 0.25) is 5.95 Å². The quantitative estimate of drug-likeness (QED) is 0.307. The molecular formula is C31H32N8O. The Labute approximate surface area is 233 Å². The number of rotatable bonds is 8. The molecule has 9 nitrogen and oxygen atoms in total. The van der Waals surface area contributed by atoms with E-state index in [1.54, 1.807) is 18.6 Å². The third-order valence-corrected chi connectivity index (χ3v) is 8.08. The molecule has 40 heavy (non-hydrogen) atoms. The summed E-state index contributed by atoms with van der Waals surface area (Å²) in [6.07, 6.45) is 13.4. The number of pyridine rings is 1. The Bertz CT molecular complexity index is 1510. The van der Waals surface area contributed by atoms with Crippen LogP contribution in [0, 0.1) is 17.2 Å². The van der Waals surface area contributed by atoms with Gasteiger partial charge >= 0.3 is 0 Å². The molecule has 0 bridgehead atoms. The highest BCUT2D eigenvalue weighted by Crippen LogP contribution is 2.36. The van der Waals surface area contributed by atoms with Crippen LogP contribution >= 0.6 is 0 Å². The average Bonchev–Trinajstić information content (AvgIpc) is 3.79. The Morgan fingerprint density at radius 3 is 2.80 bits per heavy atom. The minimum Gasteiger partial charge on any atom is -0.338 e. The number of amides is 1. The van der Waals surface area contributed by atoms with Gasteiger partial charge in [-0.15, -0.1) is 0 Å². The van der Waals surface area contributed by atoms with Gasteiger partial charge in [0.15, 0.2) is 0 Å². The molecule has 9 heteroatoms. The molecule has 2 aliphatic rings. The normalized spacial score (nSPS) is 18.0. The molecule has 1 saturated heterocycles. The van der Waals surface area contributed by atoms with Gasteiger partial charge in [0.1, 0.15) is 0 Å². The number of nitriles is 1. The Hall–Kier alpha value is -4.58. The summed E-state index contributed by atoms with van der Waals surface area (Å²) >= 11 is 0. The van der Waals surface area contributed by atoms with E-state index in [0.29, 0.717) is 36.9 Å². The Morgan fingerprint density at radius 2 is 1.98 bits per heavy atom. The third kappa shape index (κ3) is 5.57. The lowest BCUT2D eigenvalue weighted by Crippen LogP contribution is -2.28. The van der Waals surface area contributed by atoms with E-state index in [4.69, 9.17) is 4.98 Å². The monoisotopic (exact) mass is 532 g/mol. The number of hydrogen-bond donors (Lipinski definition) is 1. The molecule has 0 spiro atoms. The van der Waals surface area contributed by atoms with Crippen molar-refractivity contribution in [1.82, 2.24) is 29.6 Å². The largest absolute Gasteiger partial charge is 0.338 e. The average molecular weight is 533 g/mol. The molecule has 4 aromatic rings. The van der Waals surface area contributed by atoms with Crippen LogP contribution in [-0.4, -0.2) is 48.6 Å². The van der Waals surface area contributed by atoms with E-state index in [9.17, 15) is 10.1 Å². The highest BCUT2D eigenvalue weighted by Gasteiger charge is 2.29. The molecule has 6 rings (SSSR count). The Morgan fingerprint density at radius 1 is 1.07 bits per heavy atom. The number of nitrogens with one attached hydrogen (secondary N) is 1. The summed E-state index contributed by atoms with van der Waals surface area (Å²) in [6.45, 7) is 1.38. The zero-order chi connectivity index (χ0) is 27.3. The number of nitrogens with zero attached hydrogens (tertiary/aromatic N) is 7. The van der Waals surface area contributed by atoms with Gasteiger partial charge in [-0.2, -0.15) is 10.4 Å². The number of aromatic nitrogens is 5. The lowest BCUT2D eigenvalue weighted by Gasteiger charge is -2.21. The fourth-order valence-corrected chi connectivity index (χ4v) is 5.99. The van der Waals surface area contributed by atoms with E-state index in [1.807, 2.05) is 64.3 Å². The van der Waals surface area contributed by atoms with Gasteiger partial charge in [0, 0.05) is 60.1 Å². The maximum Gasteiger partial charge on any atom is 0.253 e. The van der Waals surface area contributed by atoms with Gasteiger partial charge in [0.25, 0.3) is 5.91 Å². The maximum absolute atomic E-state index is 13.3. The Balaban J connectivity index is 1.14. The number of carbonyl (C=O) groups excluding carboxylic acids is 1. The summed E-state index contributed by atoms with van der Waals surface area (Å²) in [6, 6.07) is 17.7. The molecule has 1 aliphatic heterocycles. The summed E-state index contributed by atoms with van der Waals surface area (Å²) in [4.78, 5) is 28.8. The molecule has 0 radical (unpaired) electrons. The van der Waals surface area contributed by atoms with Gasteiger partial charge in [-0.25, -0.2) is 9.97 Å². The zero-order valence-corrected chi connectivity index (χ0v) is 22.4. The van der Waals surface area contributed by atoms with E-state index in [1.165, 1.54) is 12.8 Å². The van der Waals surface area contributed by atoms with Crippen molar-refractivity contribution in [3.8, 4) is 17.3 Å². The highest BCUT2D eigenvalue weighted by atomic mass is 16.2. The van der Waals surface area contributed by atoms with E-state index in [0.717, 1.165) is 41.9 Å². The van der Waals surface area contributed by atoms with E-state index >= 15 is 0 Å². The van der Waals surface area contributed by atoms with Crippen molar-refractivity contribution >= 4 is 17.5 Å². The van der Waals surface area contributed by atoms with Gasteiger partial charge in [-0.05, 0) is 61.6 Å². The maximum atomic E-state index is 13.3. The second kappa shape index (κ2) is 11.7. The van der Waals surface area contributed by atoms with Crippen molar-refractivity contribution in [3.63, 3.8) is 0 Å². The summed E-state index contributed by atoms with van der Waals surface area (Å²) in [5, 5.41) is 17.2. The summed E-state index contributed by atoms with van der Waals surface area (Å²) in [5.41, 5.74) is 4.03. The lowest BCUT2D eigenvalue weighted by atomic mass is 9.96. The van der Waals surface area contributed by atoms with Crippen molar-refractivity contribution in [2.24, 2.45) is 5.92 Å². The fraction of sp³-hybridized carbons (Fsp3) is 0.355. The summed E-state index contributed by atoms with van der Waals surface area (Å²) < 4.78 is 1.94. The summed E-state index contributed by atoms with van der Waals surface area (Å²) in [5.74, 6) is 1.21. The predicted molar refractivity (Wildman–Crippen MR) is 152 cm³/mol. The smallest absolute Gasteiger partial charge is 0.253 e. The number of anilines is 2. The standard InChI is InChI=1S/C31H32N8O/c32-14-11-29(22-6-1-2-7-22)39-21-25(19-35-39)28-12-16-34-31(37-28)36-26-9-5-8-23(18-26)30(40)38-17-13-24(20-38)27-10-3-4-15-33-27/h3-5,8-10,12,15-16,18-19,21-22,24,29H,1-2,6-7,11,13,17,20H2,(H,34,36,37). The van der Waals surface area contributed by atoms with Gasteiger partial charge in [0.05, 0.1) is 30.4 Å². The first-order valence-corrected chi connectivity index (χ1v) is 14.0. The fourth-order valence-electron chi connectivity index (χ4n) is 5.99. The molecular weight excluding hydrogens is 500 g/mol. The van der Waals surface area contributed by atoms with Crippen molar-refractivity contribution in [2.45, 2.75) is 50.5 Å². The molecule has 4 heterocycles. The third-order valence-electron chi connectivity index (χ3n) is 8.08. The van der Waals surface area contributed by atoms with Crippen molar-refractivity contribution in [1.29, 1.82) is 5.26 Å². The minimum absolute atomic E-state index is 0.0124. The van der Waals surface area contributed by atoms with E-state index < -0.39 is 0 Å². The molecule has 2 unspecified atom stereocenters. The van der Waals surface area contributed by atoms with Gasteiger partial charge < -0.3 is 10.2 Å². The van der Waals surface area contributed by atoms with Crippen LogP contribution in [0.4, 0.5) is 11.6 Å². The minimum atomic E-state index is 0.0124. The Kier molecular flexibility index (Phi) is 7.49. The number of likely N-dealkylation sites (tertiary alicyclic amines) is 1. The zero-order valence-electron chi connectivity index (χ0n) is 22.4. The molecule has 202 valence electrons. The molecule has 1 aromatic carbocycles. The van der Waals surface area contributed by atoms with Crippen LogP contribution in [0.25, 0.3) is 11.3 Å². The van der Waals surface area contributed by atoms with Crippen LogP contribution in [0.1, 0.15) is 66.5 Å². The number of hydrogen-bond acceptors (Lipinski definition) is 7. The molecule has 3 aromatic heterocycles. The van der Waals surface area contributed by atoms with Crippen LogP contribution in [0.5, 0.6) is 0 Å². The lowest BCUT2D eigenvalue weighted by molar-refractivity contribution is 0.0790.